The van der Waals surface area contributed by atoms with E-state index in [-0.39, 0.29) is 18.0 Å². The van der Waals surface area contributed by atoms with E-state index in [4.69, 9.17) is 5.73 Å². The van der Waals surface area contributed by atoms with Crippen LogP contribution < -0.4 is 5.73 Å². The van der Waals surface area contributed by atoms with Crippen LogP contribution in [-0.4, -0.2) is 35.7 Å². The van der Waals surface area contributed by atoms with Crippen molar-refractivity contribution in [3.05, 3.63) is 53.6 Å². The van der Waals surface area contributed by atoms with Gasteiger partial charge in [0.2, 0.25) is 5.91 Å². The predicted molar refractivity (Wildman–Crippen MR) is 115 cm³/mol. The van der Waals surface area contributed by atoms with Gasteiger partial charge in [0.25, 0.3) is 0 Å². The van der Waals surface area contributed by atoms with E-state index in [2.05, 4.69) is 12.1 Å². The van der Waals surface area contributed by atoms with Crippen molar-refractivity contribution in [2.75, 3.05) is 12.8 Å². The summed E-state index contributed by atoms with van der Waals surface area (Å²) in [4.78, 5) is 14.7. The first-order chi connectivity index (χ1) is 14.1. The van der Waals surface area contributed by atoms with Crippen molar-refractivity contribution in [3.8, 4) is 23.3 Å². The van der Waals surface area contributed by atoms with Gasteiger partial charge >= 0.3 is 0 Å². The van der Waals surface area contributed by atoms with Gasteiger partial charge in [-0.1, -0.05) is 36.8 Å². The summed E-state index contributed by atoms with van der Waals surface area (Å²) in [7, 11) is 0. The molecule has 3 rings (SSSR count). The molecule has 5 nitrogen and oxygen atoms in total. The van der Waals surface area contributed by atoms with Crippen LogP contribution in [0, 0.1) is 22.7 Å². The Morgan fingerprint density at radius 2 is 1.93 bits per heavy atom. The van der Waals surface area contributed by atoms with Crippen molar-refractivity contribution < 1.29 is 4.79 Å². The molecule has 1 aliphatic heterocycles. The number of amides is 1. The van der Waals surface area contributed by atoms with Gasteiger partial charge in [-0.05, 0) is 47.9 Å². The van der Waals surface area contributed by atoms with Gasteiger partial charge in [0.05, 0.1) is 17.7 Å². The molecule has 29 heavy (non-hydrogen) atoms. The van der Waals surface area contributed by atoms with Crippen LogP contribution in [0.5, 0.6) is 0 Å². The van der Waals surface area contributed by atoms with Gasteiger partial charge in [0, 0.05) is 17.9 Å². The van der Waals surface area contributed by atoms with Crippen LogP contribution in [0.1, 0.15) is 30.4 Å². The Kier molecular flexibility index (Phi) is 6.93. The van der Waals surface area contributed by atoms with Gasteiger partial charge in [-0.15, -0.1) is 11.8 Å². The van der Waals surface area contributed by atoms with E-state index < -0.39 is 0 Å². The summed E-state index contributed by atoms with van der Waals surface area (Å²) in [6.07, 6.45) is 5.18. The Hall–Kier alpha value is -2.80. The van der Waals surface area contributed by atoms with Gasteiger partial charge in [-0.3, -0.25) is 9.69 Å². The van der Waals surface area contributed by atoms with Crippen LogP contribution in [0.3, 0.4) is 0 Å². The highest BCUT2D eigenvalue weighted by atomic mass is 32.2. The van der Waals surface area contributed by atoms with Crippen LogP contribution in [0.4, 0.5) is 0 Å². The van der Waals surface area contributed by atoms with Crippen molar-refractivity contribution in [1.29, 1.82) is 10.5 Å². The van der Waals surface area contributed by atoms with E-state index in [0.717, 1.165) is 47.4 Å². The number of nitriles is 2. The molecule has 2 aromatic carbocycles. The standard InChI is InChI=1S/C23H24N4OS/c1-29-22-10-9-18(13-19(22)14-24)17-7-5-16(6-8-17)12-20(15-25)27-11-3-2-4-21(27)23(26)28/h5-10,13,20-21H,2-4,11-12H2,1H3,(H2,26,28)/t20-,21?/m0/s1. The lowest BCUT2D eigenvalue weighted by Gasteiger charge is -2.36. The molecular weight excluding hydrogens is 380 g/mol. The fourth-order valence-corrected chi connectivity index (χ4v) is 4.43. The zero-order chi connectivity index (χ0) is 20.8. The SMILES string of the molecule is CSc1ccc(-c2ccc(C[C@@H](C#N)N3CCCCC3C(N)=O)cc2)cc1C#N. The Labute approximate surface area is 176 Å². The number of hydrogen-bond acceptors (Lipinski definition) is 5. The normalized spacial score (nSPS) is 17.8. The Morgan fingerprint density at radius 1 is 1.21 bits per heavy atom. The predicted octanol–water partition coefficient (Wildman–Crippen LogP) is 3.72. The largest absolute Gasteiger partial charge is 0.368 e. The molecular formula is C23H24N4OS. The van der Waals surface area contributed by atoms with Crippen molar-refractivity contribution in [3.63, 3.8) is 0 Å². The van der Waals surface area contributed by atoms with Crippen molar-refractivity contribution in [2.24, 2.45) is 5.73 Å². The van der Waals surface area contributed by atoms with E-state index in [9.17, 15) is 15.3 Å². The summed E-state index contributed by atoms with van der Waals surface area (Å²) in [6.45, 7) is 0.725. The third-order valence-corrected chi connectivity index (χ3v) is 6.25. The lowest BCUT2D eigenvalue weighted by molar-refractivity contribution is -0.125. The Morgan fingerprint density at radius 3 is 2.55 bits per heavy atom. The molecule has 0 saturated carbocycles. The van der Waals surface area contributed by atoms with Crippen molar-refractivity contribution in [2.45, 2.75) is 42.7 Å². The number of rotatable bonds is 6. The zero-order valence-electron chi connectivity index (χ0n) is 16.5. The maximum absolute atomic E-state index is 11.8. The van der Waals surface area contributed by atoms with Crippen LogP contribution in [0.15, 0.2) is 47.4 Å². The number of hydrogen-bond donors (Lipinski definition) is 1. The second-order valence-electron chi connectivity index (χ2n) is 7.22. The quantitative estimate of drug-likeness (QED) is 0.741. The highest BCUT2D eigenvalue weighted by Crippen LogP contribution is 2.28. The van der Waals surface area contributed by atoms with Gasteiger partial charge in [-0.2, -0.15) is 10.5 Å². The molecule has 2 atom stereocenters. The third kappa shape index (κ3) is 4.79. The van der Waals surface area contributed by atoms with Crippen molar-refractivity contribution in [1.82, 2.24) is 4.90 Å². The molecule has 1 saturated heterocycles. The minimum absolute atomic E-state index is 0.345. The van der Waals surface area contributed by atoms with E-state index in [1.54, 1.807) is 11.8 Å². The molecule has 148 valence electrons. The highest BCUT2D eigenvalue weighted by molar-refractivity contribution is 7.98. The summed E-state index contributed by atoms with van der Waals surface area (Å²) in [6, 6.07) is 17.8. The summed E-state index contributed by atoms with van der Waals surface area (Å²) >= 11 is 1.56. The minimum atomic E-state index is -0.371. The molecule has 0 aliphatic carbocycles. The third-order valence-electron chi connectivity index (χ3n) is 5.46. The van der Waals surface area contributed by atoms with E-state index >= 15 is 0 Å². The molecule has 0 aromatic heterocycles. The molecule has 1 unspecified atom stereocenters. The van der Waals surface area contributed by atoms with E-state index in [1.807, 2.05) is 53.6 Å². The number of nitrogens with two attached hydrogens (primary N) is 1. The molecule has 1 heterocycles. The van der Waals surface area contributed by atoms with Crippen molar-refractivity contribution >= 4 is 17.7 Å². The first-order valence-corrected chi connectivity index (χ1v) is 10.9. The summed E-state index contributed by atoms with van der Waals surface area (Å²) in [5, 5.41) is 19.0. The Bertz CT molecular complexity index is 958. The van der Waals surface area contributed by atoms with E-state index in [0.29, 0.717) is 12.0 Å². The topological polar surface area (TPSA) is 93.9 Å². The van der Waals surface area contributed by atoms with Crippen LogP contribution >= 0.6 is 11.8 Å². The van der Waals surface area contributed by atoms with Crippen LogP contribution in [0.2, 0.25) is 0 Å². The molecule has 0 bridgehead atoms. The van der Waals surface area contributed by atoms with Crippen LogP contribution in [-0.2, 0) is 11.2 Å². The molecule has 2 N–H and O–H groups in total. The maximum Gasteiger partial charge on any atom is 0.234 e. The first-order valence-electron chi connectivity index (χ1n) is 9.69. The number of carbonyl (C=O) groups is 1. The molecule has 0 spiro atoms. The molecule has 1 amide bonds. The number of primary amides is 1. The minimum Gasteiger partial charge on any atom is -0.368 e. The van der Waals surface area contributed by atoms with E-state index in [1.165, 1.54) is 0 Å². The lowest BCUT2D eigenvalue weighted by Crippen LogP contribution is -2.52. The number of piperidine rings is 1. The zero-order valence-corrected chi connectivity index (χ0v) is 17.3. The first kappa shape index (κ1) is 20.9. The number of nitrogens with zero attached hydrogens (tertiary/aromatic N) is 3. The van der Waals surface area contributed by atoms with Gasteiger partial charge in [-0.25, -0.2) is 0 Å². The number of likely N-dealkylation sites (tertiary alicyclic amines) is 1. The van der Waals surface area contributed by atoms with Gasteiger partial charge in [0.1, 0.15) is 12.1 Å². The fraction of sp³-hybridized carbons (Fsp3) is 0.348. The lowest BCUT2D eigenvalue weighted by atomic mass is 9.95. The Balaban J connectivity index is 1.77. The monoisotopic (exact) mass is 404 g/mol. The summed E-state index contributed by atoms with van der Waals surface area (Å²) in [5.41, 5.74) is 9.29. The molecule has 0 radical (unpaired) electrons. The average molecular weight is 405 g/mol. The molecule has 2 aromatic rings. The maximum atomic E-state index is 11.8. The molecule has 1 aliphatic rings. The smallest absolute Gasteiger partial charge is 0.234 e. The number of carbonyl (C=O) groups excluding carboxylic acids is 1. The van der Waals surface area contributed by atoms with Crippen LogP contribution in [0.25, 0.3) is 11.1 Å². The molecule has 6 heteroatoms. The highest BCUT2D eigenvalue weighted by Gasteiger charge is 2.32. The summed E-state index contributed by atoms with van der Waals surface area (Å²) in [5.74, 6) is -0.345. The van der Waals surface area contributed by atoms with Gasteiger partial charge in [0.15, 0.2) is 0 Å². The second kappa shape index (κ2) is 9.60. The summed E-state index contributed by atoms with van der Waals surface area (Å²) < 4.78 is 0. The second-order valence-corrected chi connectivity index (χ2v) is 8.07. The number of benzene rings is 2. The van der Waals surface area contributed by atoms with Gasteiger partial charge < -0.3 is 5.73 Å². The fourth-order valence-electron chi connectivity index (χ4n) is 3.90. The molecule has 1 fully saturated rings. The average Bonchev–Trinajstić information content (AvgIpc) is 2.77. The number of thioether (sulfide) groups is 1.